The van der Waals surface area contributed by atoms with E-state index in [1.165, 1.54) is 0 Å². The summed E-state index contributed by atoms with van der Waals surface area (Å²) in [6.07, 6.45) is -6.89. The molecule has 3 nitrogen and oxygen atoms in total. The summed E-state index contributed by atoms with van der Waals surface area (Å²) < 4.78 is 35.7. The molecule has 0 aliphatic heterocycles. The van der Waals surface area contributed by atoms with Gasteiger partial charge in [-0.3, -0.25) is 4.79 Å². The number of nitrogens with two attached hydrogens (primary N) is 1. The molecule has 6 heteroatoms. The second-order valence-corrected chi connectivity index (χ2v) is 2.81. The van der Waals surface area contributed by atoms with Crippen molar-refractivity contribution in [3.63, 3.8) is 0 Å². The van der Waals surface area contributed by atoms with Crippen LogP contribution in [-0.2, 0) is 4.79 Å². The third kappa shape index (κ3) is 4.27. The fourth-order valence-corrected chi connectivity index (χ4v) is 0.862. The van der Waals surface area contributed by atoms with E-state index in [4.69, 9.17) is 10.8 Å². The van der Waals surface area contributed by atoms with E-state index < -0.39 is 30.0 Å². The van der Waals surface area contributed by atoms with Crippen LogP contribution in [0.25, 0.3) is 0 Å². The van der Waals surface area contributed by atoms with Crippen molar-refractivity contribution in [2.75, 3.05) is 0 Å². The normalized spacial score (nSPS) is 16.1. The van der Waals surface area contributed by atoms with Crippen LogP contribution < -0.4 is 5.73 Å². The van der Waals surface area contributed by atoms with Gasteiger partial charge in [0.2, 0.25) is 0 Å². The van der Waals surface area contributed by atoms with Gasteiger partial charge in [-0.15, -0.1) is 0 Å². The summed E-state index contributed by atoms with van der Waals surface area (Å²) in [6, 6.07) is 0. The highest BCUT2D eigenvalue weighted by atomic mass is 19.4. The Balaban J connectivity index is 4.76. The lowest BCUT2D eigenvalue weighted by Gasteiger charge is -2.13. The quantitative estimate of drug-likeness (QED) is 0.541. The van der Waals surface area contributed by atoms with Gasteiger partial charge in [-0.2, -0.15) is 13.2 Å². The number of hydrogen-bond acceptors (Lipinski definition) is 3. The molecule has 0 amide bonds. The SMILES string of the molecule is CCC(O)/C(N)=C(/C=O)CC(F)(F)F. The van der Waals surface area contributed by atoms with Gasteiger partial charge in [0.05, 0.1) is 12.5 Å². The molecule has 0 aliphatic carbocycles. The Morgan fingerprint density at radius 1 is 1.57 bits per heavy atom. The third-order valence-corrected chi connectivity index (χ3v) is 1.65. The third-order valence-electron chi connectivity index (χ3n) is 1.65. The monoisotopic (exact) mass is 211 g/mol. The zero-order valence-electron chi connectivity index (χ0n) is 7.64. The molecule has 0 heterocycles. The van der Waals surface area contributed by atoms with Crippen LogP contribution in [0.3, 0.4) is 0 Å². The van der Waals surface area contributed by atoms with Crippen LogP contribution in [-0.4, -0.2) is 23.7 Å². The van der Waals surface area contributed by atoms with Crippen LogP contribution in [0.5, 0.6) is 0 Å². The number of aliphatic hydroxyl groups excluding tert-OH is 1. The highest BCUT2D eigenvalue weighted by Crippen LogP contribution is 2.25. The second kappa shape index (κ2) is 4.99. The molecule has 14 heavy (non-hydrogen) atoms. The van der Waals surface area contributed by atoms with Gasteiger partial charge >= 0.3 is 6.18 Å². The van der Waals surface area contributed by atoms with E-state index in [1.54, 1.807) is 6.92 Å². The van der Waals surface area contributed by atoms with E-state index in [0.717, 1.165) is 0 Å². The van der Waals surface area contributed by atoms with Crippen LogP contribution in [0.15, 0.2) is 11.3 Å². The fraction of sp³-hybridized carbons (Fsp3) is 0.625. The molecule has 0 radical (unpaired) electrons. The maximum absolute atomic E-state index is 11.9. The van der Waals surface area contributed by atoms with Crippen molar-refractivity contribution in [1.29, 1.82) is 0 Å². The van der Waals surface area contributed by atoms with Crippen molar-refractivity contribution in [1.82, 2.24) is 0 Å². The molecule has 0 fully saturated rings. The highest BCUT2D eigenvalue weighted by molar-refractivity contribution is 5.74. The van der Waals surface area contributed by atoms with Crippen LogP contribution in [0.1, 0.15) is 19.8 Å². The Kier molecular flexibility index (Phi) is 4.62. The average Bonchev–Trinajstić information content (AvgIpc) is 2.10. The number of aliphatic hydroxyl groups is 1. The van der Waals surface area contributed by atoms with Gasteiger partial charge in [0.15, 0.2) is 0 Å². The largest absolute Gasteiger partial charge is 0.400 e. The summed E-state index contributed by atoms with van der Waals surface area (Å²) in [5, 5.41) is 9.12. The average molecular weight is 211 g/mol. The molecule has 0 saturated heterocycles. The highest BCUT2D eigenvalue weighted by Gasteiger charge is 2.30. The number of carbonyl (C=O) groups excluding carboxylic acids is 1. The topological polar surface area (TPSA) is 63.3 Å². The molecule has 0 saturated carbocycles. The molecular weight excluding hydrogens is 199 g/mol. The number of halogens is 3. The number of rotatable bonds is 4. The smallest absolute Gasteiger partial charge is 0.393 e. The van der Waals surface area contributed by atoms with Crippen molar-refractivity contribution < 1.29 is 23.1 Å². The number of allylic oxidation sites excluding steroid dienone is 1. The number of hydrogen-bond donors (Lipinski definition) is 2. The van der Waals surface area contributed by atoms with Crippen LogP contribution in [0.4, 0.5) is 13.2 Å². The Morgan fingerprint density at radius 3 is 2.36 bits per heavy atom. The lowest BCUT2D eigenvalue weighted by Crippen LogP contribution is -2.22. The van der Waals surface area contributed by atoms with Gasteiger partial charge in [-0.1, -0.05) is 6.92 Å². The Bertz CT molecular complexity index is 235. The van der Waals surface area contributed by atoms with Gasteiger partial charge in [-0.05, 0) is 6.42 Å². The van der Waals surface area contributed by atoms with Crippen LogP contribution in [0.2, 0.25) is 0 Å². The van der Waals surface area contributed by atoms with Gasteiger partial charge in [0, 0.05) is 11.3 Å². The maximum Gasteiger partial charge on any atom is 0.393 e. The molecule has 1 unspecified atom stereocenters. The zero-order valence-corrected chi connectivity index (χ0v) is 7.64. The summed E-state index contributed by atoms with van der Waals surface area (Å²) >= 11 is 0. The minimum Gasteiger partial charge on any atom is -0.400 e. The first-order chi connectivity index (χ1) is 6.31. The van der Waals surface area contributed by atoms with Gasteiger partial charge in [-0.25, -0.2) is 0 Å². The first kappa shape index (κ1) is 13.0. The van der Waals surface area contributed by atoms with E-state index >= 15 is 0 Å². The van der Waals surface area contributed by atoms with Crippen molar-refractivity contribution in [3.05, 3.63) is 11.3 Å². The summed E-state index contributed by atoms with van der Waals surface area (Å²) in [5.74, 6) is 0. The Hall–Kier alpha value is -1.04. The fourth-order valence-electron chi connectivity index (χ4n) is 0.862. The molecule has 1 atom stereocenters. The summed E-state index contributed by atoms with van der Waals surface area (Å²) in [5.41, 5.74) is 4.18. The minimum absolute atomic E-state index is 0.0295. The Labute approximate surface area is 79.4 Å². The van der Waals surface area contributed by atoms with E-state index in [1.807, 2.05) is 0 Å². The zero-order chi connectivity index (χ0) is 11.4. The molecule has 0 aromatic rings. The lowest BCUT2D eigenvalue weighted by molar-refractivity contribution is -0.130. The molecular formula is C8H12F3NO2. The molecule has 3 N–H and O–H groups in total. The van der Waals surface area contributed by atoms with E-state index in [2.05, 4.69) is 0 Å². The Morgan fingerprint density at radius 2 is 2.07 bits per heavy atom. The maximum atomic E-state index is 11.9. The predicted molar refractivity (Wildman–Crippen MR) is 44.2 cm³/mol. The molecule has 0 aromatic carbocycles. The van der Waals surface area contributed by atoms with Crippen molar-refractivity contribution >= 4 is 6.29 Å². The van der Waals surface area contributed by atoms with E-state index in [-0.39, 0.29) is 12.7 Å². The van der Waals surface area contributed by atoms with E-state index in [9.17, 15) is 18.0 Å². The van der Waals surface area contributed by atoms with E-state index in [0.29, 0.717) is 0 Å². The van der Waals surface area contributed by atoms with Crippen LogP contribution in [0, 0.1) is 0 Å². The summed E-state index contributed by atoms with van der Waals surface area (Å²) in [7, 11) is 0. The molecule has 82 valence electrons. The second-order valence-electron chi connectivity index (χ2n) is 2.81. The first-order valence-corrected chi connectivity index (χ1v) is 4.00. The summed E-state index contributed by atoms with van der Waals surface area (Å²) in [4.78, 5) is 10.3. The van der Waals surface area contributed by atoms with Crippen molar-refractivity contribution in [2.45, 2.75) is 32.0 Å². The predicted octanol–water partition coefficient (Wildman–Crippen LogP) is 1.12. The summed E-state index contributed by atoms with van der Waals surface area (Å²) in [6.45, 7) is 1.55. The van der Waals surface area contributed by atoms with Gasteiger partial charge < -0.3 is 10.8 Å². The molecule has 0 spiro atoms. The molecule has 0 rings (SSSR count). The van der Waals surface area contributed by atoms with Gasteiger partial charge in [0.1, 0.15) is 6.29 Å². The first-order valence-electron chi connectivity index (χ1n) is 4.00. The van der Waals surface area contributed by atoms with Gasteiger partial charge in [0.25, 0.3) is 0 Å². The van der Waals surface area contributed by atoms with Crippen molar-refractivity contribution in [2.24, 2.45) is 5.73 Å². The standard InChI is InChI=1S/C8H12F3NO2/c1-2-6(14)7(12)5(4-13)3-8(9,10)11/h4,6,14H,2-3,12H2,1H3/b7-5-. The lowest BCUT2D eigenvalue weighted by atomic mass is 10.1. The number of alkyl halides is 3. The minimum atomic E-state index is -4.49. The molecule has 0 bridgehead atoms. The number of carbonyl (C=O) groups is 1. The van der Waals surface area contributed by atoms with Crippen molar-refractivity contribution in [3.8, 4) is 0 Å². The molecule has 0 aliphatic rings. The van der Waals surface area contributed by atoms with Crippen LogP contribution >= 0.6 is 0 Å². The molecule has 0 aromatic heterocycles. The number of aldehydes is 1.